The predicted octanol–water partition coefficient (Wildman–Crippen LogP) is 4.13. The molecule has 5 heteroatoms. The van der Waals surface area contributed by atoms with E-state index >= 15 is 0 Å². The van der Waals surface area contributed by atoms with Gasteiger partial charge in [0, 0.05) is 27.3 Å². The summed E-state index contributed by atoms with van der Waals surface area (Å²) < 4.78 is 12.5. The van der Waals surface area contributed by atoms with E-state index in [1.165, 1.54) is 0 Å². The normalized spacial score (nSPS) is 16.3. The highest BCUT2D eigenvalue weighted by Crippen LogP contribution is 2.35. The molecule has 0 amide bonds. The summed E-state index contributed by atoms with van der Waals surface area (Å²) in [5, 5.41) is 0.447. The van der Waals surface area contributed by atoms with Gasteiger partial charge in [0.2, 0.25) is 0 Å². The number of hydrogen-bond donors (Lipinski definition) is 0. The molecule has 0 radical (unpaired) electrons. The van der Waals surface area contributed by atoms with Crippen LogP contribution in [-0.4, -0.2) is 19.9 Å². The molecule has 0 fully saturated rings. The third-order valence-corrected chi connectivity index (χ3v) is 5.65. The van der Waals surface area contributed by atoms with Crippen LogP contribution in [0.25, 0.3) is 22.6 Å². The van der Waals surface area contributed by atoms with Crippen molar-refractivity contribution < 1.29 is 4.21 Å². The molecular formula is C18H13ClN2OS. The van der Waals surface area contributed by atoms with Crippen LogP contribution in [0.2, 0.25) is 5.15 Å². The minimum atomic E-state index is -1.04. The Kier molecular flexibility index (Phi) is 3.71. The second kappa shape index (κ2) is 5.87. The van der Waals surface area contributed by atoms with Crippen LogP contribution in [-0.2, 0) is 17.2 Å². The summed E-state index contributed by atoms with van der Waals surface area (Å²) in [5.41, 5.74) is 3.48. The number of aromatic nitrogens is 2. The van der Waals surface area contributed by atoms with Crippen LogP contribution in [0.3, 0.4) is 0 Å². The van der Waals surface area contributed by atoms with Gasteiger partial charge in [0.05, 0.1) is 16.5 Å². The summed E-state index contributed by atoms with van der Waals surface area (Å²) in [6.07, 6.45) is 0.616. The van der Waals surface area contributed by atoms with Crippen molar-refractivity contribution in [2.45, 2.75) is 11.3 Å². The molecule has 1 unspecified atom stereocenters. The van der Waals surface area contributed by atoms with E-state index < -0.39 is 10.8 Å². The standard InChI is InChI=1S/C18H13ClN2OS/c19-17-14-10-11-23(22)15-9-5-4-8-13(15)16(14)20-18(21-17)12-6-2-1-3-7-12/h1-9H,10-11H2. The highest BCUT2D eigenvalue weighted by atomic mass is 35.5. The van der Waals surface area contributed by atoms with Crippen LogP contribution >= 0.6 is 11.6 Å². The lowest BCUT2D eigenvalue weighted by molar-refractivity contribution is 0.683. The number of benzene rings is 2. The predicted molar refractivity (Wildman–Crippen MR) is 92.9 cm³/mol. The Balaban J connectivity index is 1.99. The van der Waals surface area contributed by atoms with E-state index in [4.69, 9.17) is 16.6 Å². The van der Waals surface area contributed by atoms with Crippen molar-refractivity contribution >= 4 is 22.4 Å². The smallest absolute Gasteiger partial charge is 0.161 e. The summed E-state index contributed by atoms with van der Waals surface area (Å²) >= 11 is 6.43. The van der Waals surface area contributed by atoms with Gasteiger partial charge in [-0.15, -0.1) is 0 Å². The van der Waals surface area contributed by atoms with Gasteiger partial charge in [-0.25, -0.2) is 9.97 Å². The Morgan fingerprint density at radius 2 is 1.70 bits per heavy atom. The molecule has 3 nitrogen and oxygen atoms in total. The van der Waals surface area contributed by atoms with Crippen LogP contribution in [0.4, 0.5) is 0 Å². The number of rotatable bonds is 1. The molecule has 0 bridgehead atoms. The summed E-state index contributed by atoms with van der Waals surface area (Å²) in [7, 11) is -1.04. The van der Waals surface area contributed by atoms with Gasteiger partial charge in [-0.2, -0.15) is 0 Å². The Labute approximate surface area is 141 Å². The van der Waals surface area contributed by atoms with E-state index in [9.17, 15) is 4.21 Å². The van der Waals surface area contributed by atoms with E-state index in [-0.39, 0.29) is 0 Å². The van der Waals surface area contributed by atoms with Crippen molar-refractivity contribution in [1.82, 2.24) is 9.97 Å². The average Bonchev–Trinajstić information content (AvgIpc) is 2.74. The minimum absolute atomic E-state index is 0.447. The molecule has 0 spiro atoms. The maximum absolute atomic E-state index is 12.5. The molecule has 0 saturated heterocycles. The molecule has 2 heterocycles. The molecule has 2 aromatic carbocycles. The van der Waals surface area contributed by atoms with Gasteiger partial charge in [-0.05, 0) is 12.5 Å². The van der Waals surface area contributed by atoms with Crippen molar-refractivity contribution in [1.29, 1.82) is 0 Å². The average molecular weight is 341 g/mol. The number of halogens is 1. The fraction of sp³-hybridized carbons (Fsp3) is 0.111. The first-order chi connectivity index (χ1) is 11.2. The maximum atomic E-state index is 12.5. The van der Waals surface area contributed by atoms with Crippen molar-refractivity contribution in [2.75, 3.05) is 5.75 Å². The fourth-order valence-electron chi connectivity index (χ4n) is 2.78. The van der Waals surface area contributed by atoms with Gasteiger partial charge in [0.15, 0.2) is 5.82 Å². The summed E-state index contributed by atoms with van der Waals surface area (Å²) in [6, 6.07) is 17.5. The second-order valence-electron chi connectivity index (χ2n) is 5.33. The lowest BCUT2D eigenvalue weighted by Crippen LogP contribution is -2.01. The lowest BCUT2D eigenvalue weighted by atomic mass is 10.0. The molecule has 1 aliphatic heterocycles. The first kappa shape index (κ1) is 14.5. The SMILES string of the molecule is O=S1CCc2c(Cl)nc(-c3ccccc3)nc2-c2ccccc21. The Morgan fingerprint density at radius 1 is 0.957 bits per heavy atom. The molecule has 0 saturated carbocycles. The Bertz CT molecular complexity index is 912. The van der Waals surface area contributed by atoms with Gasteiger partial charge in [-0.3, -0.25) is 4.21 Å². The largest absolute Gasteiger partial charge is 0.254 e. The second-order valence-corrected chi connectivity index (χ2v) is 7.22. The van der Waals surface area contributed by atoms with Crippen molar-refractivity contribution in [3.8, 4) is 22.6 Å². The van der Waals surface area contributed by atoms with Gasteiger partial charge in [-0.1, -0.05) is 60.1 Å². The van der Waals surface area contributed by atoms with E-state index in [1.807, 2.05) is 54.6 Å². The summed E-state index contributed by atoms with van der Waals surface area (Å²) in [4.78, 5) is 10.0. The molecule has 23 heavy (non-hydrogen) atoms. The molecule has 1 aromatic heterocycles. The van der Waals surface area contributed by atoms with Gasteiger partial charge in [0.1, 0.15) is 5.15 Å². The topological polar surface area (TPSA) is 42.9 Å². The molecule has 114 valence electrons. The zero-order chi connectivity index (χ0) is 15.8. The third-order valence-electron chi connectivity index (χ3n) is 3.91. The number of hydrogen-bond acceptors (Lipinski definition) is 3. The van der Waals surface area contributed by atoms with Gasteiger partial charge < -0.3 is 0 Å². The van der Waals surface area contributed by atoms with E-state index in [0.717, 1.165) is 27.3 Å². The van der Waals surface area contributed by atoms with Crippen molar-refractivity contribution in [3.05, 3.63) is 65.3 Å². The highest BCUT2D eigenvalue weighted by Gasteiger charge is 2.23. The van der Waals surface area contributed by atoms with E-state index in [2.05, 4.69) is 4.98 Å². The van der Waals surface area contributed by atoms with Crippen LogP contribution in [0.5, 0.6) is 0 Å². The van der Waals surface area contributed by atoms with Crippen molar-refractivity contribution in [2.24, 2.45) is 0 Å². The van der Waals surface area contributed by atoms with Crippen molar-refractivity contribution in [3.63, 3.8) is 0 Å². The number of fused-ring (bicyclic) bond motifs is 3. The van der Waals surface area contributed by atoms with Crippen LogP contribution in [0, 0.1) is 0 Å². The first-order valence-electron chi connectivity index (χ1n) is 7.33. The van der Waals surface area contributed by atoms with E-state index in [1.54, 1.807) is 0 Å². The summed E-state index contributed by atoms with van der Waals surface area (Å²) in [6.45, 7) is 0. The first-order valence-corrected chi connectivity index (χ1v) is 9.03. The molecule has 0 N–H and O–H groups in total. The van der Waals surface area contributed by atoms with Gasteiger partial charge >= 0.3 is 0 Å². The zero-order valence-corrected chi connectivity index (χ0v) is 13.8. The van der Waals surface area contributed by atoms with E-state index in [0.29, 0.717) is 23.2 Å². The van der Waals surface area contributed by atoms with Crippen LogP contribution < -0.4 is 0 Å². The van der Waals surface area contributed by atoms with Crippen LogP contribution in [0.15, 0.2) is 59.5 Å². The minimum Gasteiger partial charge on any atom is -0.254 e. The summed E-state index contributed by atoms with van der Waals surface area (Å²) in [5.74, 6) is 1.13. The monoisotopic (exact) mass is 340 g/mol. The lowest BCUT2D eigenvalue weighted by Gasteiger charge is -2.11. The molecule has 0 aliphatic carbocycles. The molecular weight excluding hydrogens is 328 g/mol. The highest BCUT2D eigenvalue weighted by molar-refractivity contribution is 7.85. The zero-order valence-electron chi connectivity index (χ0n) is 12.2. The quantitative estimate of drug-likeness (QED) is 0.626. The maximum Gasteiger partial charge on any atom is 0.161 e. The molecule has 3 aromatic rings. The van der Waals surface area contributed by atoms with Crippen LogP contribution in [0.1, 0.15) is 5.56 Å². The Hall–Kier alpha value is -2.04. The molecule has 1 aliphatic rings. The number of nitrogens with zero attached hydrogens (tertiary/aromatic N) is 2. The third kappa shape index (κ3) is 2.58. The molecule has 1 atom stereocenters. The Morgan fingerprint density at radius 3 is 2.52 bits per heavy atom. The fourth-order valence-corrected chi connectivity index (χ4v) is 4.30. The van der Waals surface area contributed by atoms with Gasteiger partial charge in [0.25, 0.3) is 0 Å². The molecule has 4 rings (SSSR count).